The molecule has 0 unspecified atom stereocenters. The number of benzene rings is 2. The van der Waals surface area contributed by atoms with Crippen LogP contribution in [0.3, 0.4) is 0 Å². The highest BCUT2D eigenvalue weighted by Gasteiger charge is 2.06. The molecule has 0 aromatic heterocycles. The molecule has 24 heavy (non-hydrogen) atoms. The highest BCUT2D eigenvalue weighted by Crippen LogP contribution is 2.16. The Hall–Kier alpha value is -2.59. The number of halogens is 1. The molecule has 0 fully saturated rings. The van der Waals surface area contributed by atoms with Gasteiger partial charge in [-0.25, -0.2) is 0 Å². The SMILES string of the molecule is CCCNC(=O)c1cccc(NC(=O)/C=C/c2ccccc2Cl)c1. The zero-order chi connectivity index (χ0) is 17.4. The van der Waals surface area contributed by atoms with E-state index in [4.69, 9.17) is 11.6 Å². The number of carbonyl (C=O) groups is 2. The Balaban J connectivity index is 2.01. The summed E-state index contributed by atoms with van der Waals surface area (Å²) in [6, 6.07) is 14.1. The molecule has 0 saturated carbocycles. The highest BCUT2D eigenvalue weighted by molar-refractivity contribution is 6.32. The highest BCUT2D eigenvalue weighted by atomic mass is 35.5. The molecule has 2 aromatic rings. The second kappa shape index (κ2) is 8.89. The number of hydrogen-bond donors (Lipinski definition) is 2. The van der Waals surface area contributed by atoms with Gasteiger partial charge in [0, 0.05) is 28.9 Å². The molecule has 2 rings (SSSR count). The summed E-state index contributed by atoms with van der Waals surface area (Å²) in [5.74, 6) is -0.444. The normalized spacial score (nSPS) is 10.6. The van der Waals surface area contributed by atoms with Crippen molar-refractivity contribution in [2.24, 2.45) is 0 Å². The zero-order valence-electron chi connectivity index (χ0n) is 13.4. The lowest BCUT2D eigenvalue weighted by atomic mass is 10.2. The summed E-state index contributed by atoms with van der Waals surface area (Å²) in [4.78, 5) is 23.9. The van der Waals surface area contributed by atoms with E-state index in [1.807, 2.05) is 25.1 Å². The van der Waals surface area contributed by atoms with Crippen molar-refractivity contribution in [1.82, 2.24) is 5.32 Å². The third kappa shape index (κ3) is 5.25. The Bertz CT molecular complexity index is 757. The van der Waals surface area contributed by atoms with Crippen molar-refractivity contribution in [1.29, 1.82) is 0 Å². The first-order valence-electron chi connectivity index (χ1n) is 7.72. The summed E-state index contributed by atoms with van der Waals surface area (Å²) in [6.07, 6.45) is 3.93. The third-order valence-electron chi connectivity index (χ3n) is 3.25. The summed E-state index contributed by atoms with van der Waals surface area (Å²) in [7, 11) is 0. The summed E-state index contributed by atoms with van der Waals surface area (Å²) < 4.78 is 0. The fourth-order valence-electron chi connectivity index (χ4n) is 2.04. The Kier molecular flexibility index (Phi) is 6.58. The van der Waals surface area contributed by atoms with Crippen molar-refractivity contribution in [3.05, 3.63) is 70.8 Å². The molecule has 2 amide bonds. The van der Waals surface area contributed by atoms with Crippen LogP contribution in [0.4, 0.5) is 5.69 Å². The molecule has 0 heterocycles. The molecule has 2 aromatic carbocycles. The second-order valence-corrected chi connectivity index (χ2v) is 5.59. The van der Waals surface area contributed by atoms with Gasteiger partial charge in [-0.05, 0) is 42.3 Å². The van der Waals surface area contributed by atoms with Crippen LogP contribution in [-0.2, 0) is 4.79 Å². The summed E-state index contributed by atoms with van der Waals surface area (Å²) in [5.41, 5.74) is 1.84. The van der Waals surface area contributed by atoms with E-state index in [0.29, 0.717) is 22.8 Å². The van der Waals surface area contributed by atoms with Gasteiger partial charge in [0.05, 0.1) is 0 Å². The van der Waals surface area contributed by atoms with E-state index in [1.54, 1.807) is 36.4 Å². The van der Waals surface area contributed by atoms with E-state index < -0.39 is 0 Å². The van der Waals surface area contributed by atoms with Gasteiger partial charge < -0.3 is 10.6 Å². The van der Waals surface area contributed by atoms with E-state index in [-0.39, 0.29) is 11.8 Å². The van der Waals surface area contributed by atoms with Crippen molar-refractivity contribution in [2.45, 2.75) is 13.3 Å². The van der Waals surface area contributed by atoms with Crippen LogP contribution < -0.4 is 10.6 Å². The number of nitrogens with one attached hydrogen (secondary N) is 2. The monoisotopic (exact) mass is 342 g/mol. The van der Waals surface area contributed by atoms with Gasteiger partial charge in [-0.15, -0.1) is 0 Å². The molecule has 0 spiro atoms. The van der Waals surface area contributed by atoms with Gasteiger partial charge in [0.15, 0.2) is 0 Å². The van der Waals surface area contributed by atoms with Crippen molar-refractivity contribution >= 4 is 35.2 Å². The van der Waals surface area contributed by atoms with Gasteiger partial charge in [-0.1, -0.05) is 42.8 Å². The molecule has 4 nitrogen and oxygen atoms in total. The lowest BCUT2D eigenvalue weighted by molar-refractivity contribution is -0.111. The first-order valence-corrected chi connectivity index (χ1v) is 8.10. The minimum Gasteiger partial charge on any atom is -0.352 e. The predicted octanol–water partition coefficient (Wildman–Crippen LogP) is 4.13. The zero-order valence-corrected chi connectivity index (χ0v) is 14.1. The van der Waals surface area contributed by atoms with Gasteiger partial charge in [0.2, 0.25) is 5.91 Å². The fraction of sp³-hybridized carbons (Fsp3) is 0.158. The minimum atomic E-state index is -0.291. The standard InChI is InChI=1S/C19H19ClN2O2/c1-2-12-21-19(24)15-7-5-8-16(13-15)22-18(23)11-10-14-6-3-4-9-17(14)20/h3-11,13H,2,12H2,1H3,(H,21,24)(H,22,23)/b11-10+. The fourth-order valence-corrected chi connectivity index (χ4v) is 2.24. The van der Waals surface area contributed by atoms with E-state index >= 15 is 0 Å². The Labute approximate surface area is 146 Å². The Morgan fingerprint density at radius 1 is 1.12 bits per heavy atom. The Morgan fingerprint density at radius 2 is 1.92 bits per heavy atom. The van der Waals surface area contributed by atoms with Crippen LogP contribution in [0.2, 0.25) is 5.02 Å². The number of amides is 2. The molecule has 124 valence electrons. The first-order chi connectivity index (χ1) is 11.6. The van der Waals surface area contributed by atoms with Crippen LogP contribution in [0.25, 0.3) is 6.08 Å². The first kappa shape index (κ1) is 17.8. The largest absolute Gasteiger partial charge is 0.352 e. The molecule has 0 aliphatic heterocycles. The van der Waals surface area contributed by atoms with Crippen molar-refractivity contribution in [3.8, 4) is 0 Å². The van der Waals surface area contributed by atoms with E-state index in [1.165, 1.54) is 6.08 Å². The number of hydrogen-bond acceptors (Lipinski definition) is 2. The van der Waals surface area contributed by atoms with Crippen LogP contribution in [-0.4, -0.2) is 18.4 Å². The molecule has 0 radical (unpaired) electrons. The molecule has 0 atom stereocenters. The van der Waals surface area contributed by atoms with E-state index in [0.717, 1.165) is 12.0 Å². The van der Waals surface area contributed by atoms with Crippen molar-refractivity contribution in [2.75, 3.05) is 11.9 Å². The average Bonchev–Trinajstić information content (AvgIpc) is 2.59. The van der Waals surface area contributed by atoms with Crippen LogP contribution in [0.5, 0.6) is 0 Å². The van der Waals surface area contributed by atoms with Gasteiger partial charge in [-0.3, -0.25) is 9.59 Å². The minimum absolute atomic E-state index is 0.153. The lowest BCUT2D eigenvalue weighted by Gasteiger charge is -2.06. The maximum absolute atomic E-state index is 12.0. The molecular formula is C19H19ClN2O2. The van der Waals surface area contributed by atoms with E-state index in [9.17, 15) is 9.59 Å². The topological polar surface area (TPSA) is 58.2 Å². The quantitative estimate of drug-likeness (QED) is 0.775. The van der Waals surface area contributed by atoms with Gasteiger partial charge in [0.25, 0.3) is 5.91 Å². The summed E-state index contributed by atoms with van der Waals surface area (Å²) in [5, 5.41) is 6.12. The number of carbonyl (C=O) groups excluding carboxylic acids is 2. The molecule has 2 N–H and O–H groups in total. The van der Waals surface area contributed by atoms with Gasteiger partial charge in [0.1, 0.15) is 0 Å². The Morgan fingerprint density at radius 3 is 2.67 bits per heavy atom. The van der Waals surface area contributed by atoms with Crippen LogP contribution in [0, 0.1) is 0 Å². The van der Waals surface area contributed by atoms with Crippen LogP contribution in [0.1, 0.15) is 29.3 Å². The summed E-state index contributed by atoms with van der Waals surface area (Å²) >= 11 is 6.04. The molecule has 5 heteroatoms. The third-order valence-corrected chi connectivity index (χ3v) is 3.59. The molecule has 0 bridgehead atoms. The van der Waals surface area contributed by atoms with E-state index in [2.05, 4.69) is 10.6 Å². The van der Waals surface area contributed by atoms with Crippen LogP contribution in [0.15, 0.2) is 54.6 Å². The second-order valence-electron chi connectivity index (χ2n) is 5.18. The molecule has 0 aliphatic carbocycles. The van der Waals surface area contributed by atoms with Gasteiger partial charge in [-0.2, -0.15) is 0 Å². The molecule has 0 aliphatic rings. The van der Waals surface area contributed by atoms with Crippen molar-refractivity contribution in [3.63, 3.8) is 0 Å². The maximum Gasteiger partial charge on any atom is 0.251 e. The summed E-state index contributed by atoms with van der Waals surface area (Å²) in [6.45, 7) is 2.61. The predicted molar refractivity (Wildman–Crippen MR) is 98.2 cm³/mol. The number of rotatable bonds is 6. The molecular weight excluding hydrogens is 324 g/mol. The van der Waals surface area contributed by atoms with Crippen molar-refractivity contribution < 1.29 is 9.59 Å². The van der Waals surface area contributed by atoms with Gasteiger partial charge >= 0.3 is 0 Å². The smallest absolute Gasteiger partial charge is 0.251 e. The lowest BCUT2D eigenvalue weighted by Crippen LogP contribution is -2.24. The maximum atomic E-state index is 12.0. The average molecular weight is 343 g/mol. The number of anilines is 1. The molecule has 0 saturated heterocycles. The van der Waals surface area contributed by atoms with Crippen LogP contribution >= 0.6 is 11.6 Å².